The number of rotatable bonds is 2. The molecule has 0 aromatic rings. The van der Waals surface area contributed by atoms with E-state index in [1.807, 2.05) is 0 Å². The number of primary amides is 1. The lowest BCUT2D eigenvalue weighted by Gasteiger charge is -2.24. The van der Waals surface area contributed by atoms with E-state index in [1.54, 1.807) is 0 Å². The predicted octanol–water partition coefficient (Wildman–Crippen LogP) is 0.839. The first kappa shape index (κ1) is 9.03. The Bertz CT molecular complexity index is 173. The molecule has 0 aromatic heterocycles. The van der Waals surface area contributed by atoms with E-state index in [-0.39, 0.29) is 12.0 Å². The third-order valence-electron chi connectivity index (χ3n) is 2.19. The fraction of sp³-hybridized carbons (Fsp3) is 0.750. The van der Waals surface area contributed by atoms with Crippen molar-refractivity contribution in [2.24, 2.45) is 11.7 Å². The molecule has 1 amide bonds. The van der Waals surface area contributed by atoms with Gasteiger partial charge < -0.3 is 15.3 Å². The van der Waals surface area contributed by atoms with Gasteiger partial charge in [-0.15, -0.1) is 0 Å². The molecule has 0 radical (unpaired) electrons. The van der Waals surface area contributed by atoms with Gasteiger partial charge in [-0.05, 0) is 25.7 Å². The van der Waals surface area contributed by atoms with E-state index >= 15 is 0 Å². The third-order valence-corrected chi connectivity index (χ3v) is 2.19. The van der Waals surface area contributed by atoms with Crippen LogP contribution in [0.4, 0.5) is 4.79 Å². The summed E-state index contributed by atoms with van der Waals surface area (Å²) in [6.45, 7) is 0. The van der Waals surface area contributed by atoms with Crippen LogP contribution in [0.1, 0.15) is 25.7 Å². The predicted molar refractivity (Wildman–Crippen MR) is 42.5 cm³/mol. The fourth-order valence-corrected chi connectivity index (χ4v) is 1.51. The Labute approximate surface area is 71.1 Å². The van der Waals surface area contributed by atoms with Gasteiger partial charge in [0.2, 0.25) is 0 Å². The third kappa shape index (κ3) is 2.53. The number of amides is 1. The summed E-state index contributed by atoms with van der Waals surface area (Å²) in [6.07, 6.45) is 3.31. The monoisotopic (exact) mass is 171 g/mol. The molecule has 1 aliphatic rings. The van der Waals surface area contributed by atoms with Crippen LogP contribution in [0.2, 0.25) is 0 Å². The zero-order chi connectivity index (χ0) is 8.97. The van der Waals surface area contributed by atoms with Crippen molar-refractivity contribution in [3.8, 4) is 0 Å². The van der Waals surface area contributed by atoms with Crippen LogP contribution in [0.5, 0.6) is 0 Å². The van der Waals surface area contributed by atoms with Gasteiger partial charge in [-0.25, -0.2) is 4.79 Å². The molecule has 1 rings (SSSR count). The first-order valence-electron chi connectivity index (χ1n) is 4.13. The lowest BCUT2D eigenvalue weighted by molar-refractivity contribution is -0.112. The van der Waals surface area contributed by atoms with E-state index in [0.29, 0.717) is 0 Å². The number of hydrogen-bond acceptors (Lipinski definition) is 3. The molecule has 0 atom stereocenters. The average Bonchev–Trinajstić information content (AvgIpc) is 2.05. The van der Waals surface area contributed by atoms with Gasteiger partial charge in [-0.1, -0.05) is 0 Å². The van der Waals surface area contributed by atoms with Crippen LogP contribution in [-0.2, 0) is 9.53 Å². The van der Waals surface area contributed by atoms with Gasteiger partial charge >= 0.3 is 6.09 Å². The standard InChI is InChI=1S/C8H13NO3/c9-8(11)12-7-3-1-6(5-10)2-4-7/h5-7H,1-4H2,(H2,9,11)/t6-,7-. The lowest BCUT2D eigenvalue weighted by atomic mass is 9.88. The average molecular weight is 171 g/mol. The van der Waals surface area contributed by atoms with E-state index < -0.39 is 6.09 Å². The van der Waals surface area contributed by atoms with Crippen molar-refractivity contribution in [2.45, 2.75) is 31.8 Å². The minimum absolute atomic E-state index is 0.0706. The van der Waals surface area contributed by atoms with Crippen LogP contribution in [0, 0.1) is 5.92 Å². The summed E-state index contributed by atoms with van der Waals surface area (Å²) in [5.41, 5.74) is 4.86. The van der Waals surface area contributed by atoms with E-state index in [9.17, 15) is 9.59 Å². The number of carbonyl (C=O) groups is 2. The van der Waals surface area contributed by atoms with E-state index in [1.165, 1.54) is 0 Å². The van der Waals surface area contributed by atoms with Crippen LogP contribution in [0.15, 0.2) is 0 Å². The summed E-state index contributed by atoms with van der Waals surface area (Å²) in [6, 6.07) is 0. The van der Waals surface area contributed by atoms with Crippen molar-refractivity contribution in [1.82, 2.24) is 0 Å². The van der Waals surface area contributed by atoms with Crippen molar-refractivity contribution in [3.05, 3.63) is 0 Å². The molecule has 0 heterocycles. The zero-order valence-corrected chi connectivity index (χ0v) is 6.86. The van der Waals surface area contributed by atoms with Crippen LogP contribution in [0.25, 0.3) is 0 Å². The Kier molecular flexibility index (Phi) is 3.08. The van der Waals surface area contributed by atoms with E-state index in [0.717, 1.165) is 32.0 Å². The van der Waals surface area contributed by atoms with Gasteiger partial charge in [0.05, 0.1) is 0 Å². The largest absolute Gasteiger partial charge is 0.446 e. The van der Waals surface area contributed by atoms with Crippen molar-refractivity contribution >= 4 is 12.4 Å². The highest BCUT2D eigenvalue weighted by molar-refractivity contribution is 5.64. The molecule has 0 aromatic carbocycles. The Hall–Kier alpha value is -1.06. The molecule has 68 valence electrons. The van der Waals surface area contributed by atoms with Crippen LogP contribution >= 0.6 is 0 Å². The SMILES string of the molecule is NC(=O)O[C@H]1CC[C@H](C=O)CC1. The topological polar surface area (TPSA) is 69.4 Å². The maximum atomic E-state index is 10.4. The van der Waals surface area contributed by atoms with Crippen molar-refractivity contribution < 1.29 is 14.3 Å². The lowest BCUT2D eigenvalue weighted by Crippen LogP contribution is -2.27. The molecule has 0 aliphatic heterocycles. The van der Waals surface area contributed by atoms with Crippen molar-refractivity contribution in [3.63, 3.8) is 0 Å². The first-order chi connectivity index (χ1) is 5.72. The van der Waals surface area contributed by atoms with Crippen LogP contribution in [-0.4, -0.2) is 18.5 Å². The van der Waals surface area contributed by atoms with E-state index in [2.05, 4.69) is 0 Å². The molecule has 0 saturated heterocycles. The highest BCUT2D eigenvalue weighted by atomic mass is 16.6. The number of nitrogens with two attached hydrogens (primary N) is 1. The summed E-state index contributed by atoms with van der Waals surface area (Å²) in [7, 11) is 0. The summed E-state index contributed by atoms with van der Waals surface area (Å²) < 4.78 is 4.81. The number of aldehydes is 1. The molecular formula is C8H13NO3. The van der Waals surface area contributed by atoms with Crippen LogP contribution < -0.4 is 5.73 Å². The normalized spacial score (nSPS) is 29.3. The van der Waals surface area contributed by atoms with Gasteiger partial charge in [-0.3, -0.25) is 0 Å². The van der Waals surface area contributed by atoms with Gasteiger partial charge in [0.15, 0.2) is 0 Å². The fourth-order valence-electron chi connectivity index (χ4n) is 1.51. The van der Waals surface area contributed by atoms with Crippen molar-refractivity contribution in [1.29, 1.82) is 0 Å². The molecule has 12 heavy (non-hydrogen) atoms. The number of ether oxygens (including phenoxy) is 1. The Morgan fingerprint density at radius 2 is 1.92 bits per heavy atom. The van der Waals surface area contributed by atoms with Gasteiger partial charge in [0.25, 0.3) is 0 Å². The second-order valence-electron chi connectivity index (χ2n) is 3.11. The summed E-state index contributed by atoms with van der Waals surface area (Å²) >= 11 is 0. The number of hydrogen-bond donors (Lipinski definition) is 1. The van der Waals surface area contributed by atoms with Gasteiger partial charge in [0, 0.05) is 5.92 Å². The van der Waals surface area contributed by atoms with Crippen molar-refractivity contribution in [2.75, 3.05) is 0 Å². The minimum atomic E-state index is -0.718. The molecule has 4 heteroatoms. The molecule has 4 nitrogen and oxygen atoms in total. The Balaban J connectivity index is 2.26. The molecule has 0 spiro atoms. The maximum absolute atomic E-state index is 10.4. The quantitative estimate of drug-likeness (QED) is 0.626. The smallest absolute Gasteiger partial charge is 0.404 e. The van der Waals surface area contributed by atoms with Gasteiger partial charge in [-0.2, -0.15) is 0 Å². The first-order valence-corrected chi connectivity index (χ1v) is 4.13. The Morgan fingerprint density at radius 3 is 2.33 bits per heavy atom. The highest BCUT2D eigenvalue weighted by Gasteiger charge is 2.22. The summed E-state index contributed by atoms with van der Waals surface area (Å²) in [5, 5.41) is 0. The second-order valence-corrected chi connectivity index (χ2v) is 3.11. The maximum Gasteiger partial charge on any atom is 0.404 e. The molecule has 0 unspecified atom stereocenters. The Morgan fingerprint density at radius 1 is 1.33 bits per heavy atom. The molecular weight excluding hydrogens is 158 g/mol. The molecule has 2 N–H and O–H groups in total. The second kappa shape index (κ2) is 4.09. The van der Waals surface area contributed by atoms with Gasteiger partial charge in [0.1, 0.15) is 12.4 Å². The summed E-state index contributed by atoms with van der Waals surface area (Å²) in [4.78, 5) is 20.7. The highest BCUT2D eigenvalue weighted by Crippen LogP contribution is 2.24. The minimum Gasteiger partial charge on any atom is -0.446 e. The summed E-state index contributed by atoms with van der Waals surface area (Å²) in [5.74, 6) is 0.151. The number of carbonyl (C=O) groups excluding carboxylic acids is 2. The zero-order valence-electron chi connectivity index (χ0n) is 6.86. The molecule has 1 saturated carbocycles. The van der Waals surface area contributed by atoms with Crippen LogP contribution in [0.3, 0.4) is 0 Å². The molecule has 0 bridgehead atoms. The molecule has 1 fully saturated rings. The van der Waals surface area contributed by atoms with E-state index in [4.69, 9.17) is 10.5 Å². The molecule has 1 aliphatic carbocycles.